The largest absolute Gasteiger partial charge is 0.481 e. The maximum atomic E-state index is 12.5. The molecule has 0 saturated heterocycles. The van der Waals surface area contributed by atoms with Gasteiger partial charge in [-0.1, -0.05) is 161 Å². The van der Waals surface area contributed by atoms with E-state index >= 15 is 0 Å². The number of aliphatic carboxylic acids is 1. The molecular weight excluding hydrogens is 560 g/mol. The number of hydrogen-bond acceptors (Lipinski definition) is 4. The van der Waals surface area contributed by atoms with E-state index in [1.807, 2.05) is 0 Å². The van der Waals surface area contributed by atoms with Crippen LogP contribution in [-0.2, 0) is 9.59 Å². The van der Waals surface area contributed by atoms with Crippen molar-refractivity contribution < 1.29 is 19.8 Å². The fourth-order valence-corrected chi connectivity index (χ4v) is 5.93. The summed E-state index contributed by atoms with van der Waals surface area (Å²) in [5.41, 5.74) is 0. The third kappa shape index (κ3) is 33.8. The molecule has 6 heteroatoms. The Hall–Kier alpha value is -1.40. The van der Waals surface area contributed by atoms with Crippen molar-refractivity contribution in [2.75, 3.05) is 6.54 Å². The standard InChI is InChI=1S/C39H76N2O4/c1-3-5-7-9-11-13-15-17-19-20-22-24-26-28-30-32-37(42)41-36(33-34-38(43)44)39(45)40-35-31-29-27-25-23-21-18-16-14-12-10-8-6-4-2/h17,19,36,39-40,45H,3-16,18,20-35H2,1-2H3,(H,41,42)(H,43,44). The smallest absolute Gasteiger partial charge is 0.303 e. The van der Waals surface area contributed by atoms with Gasteiger partial charge in [0.2, 0.25) is 5.91 Å². The summed E-state index contributed by atoms with van der Waals surface area (Å²) in [7, 11) is 0. The molecule has 266 valence electrons. The van der Waals surface area contributed by atoms with Crippen LogP contribution in [0.25, 0.3) is 0 Å². The van der Waals surface area contributed by atoms with Crippen LogP contribution in [0.4, 0.5) is 0 Å². The molecule has 0 radical (unpaired) electrons. The van der Waals surface area contributed by atoms with Crippen molar-refractivity contribution in [3.8, 4) is 0 Å². The predicted molar refractivity (Wildman–Crippen MR) is 193 cm³/mol. The van der Waals surface area contributed by atoms with Crippen LogP contribution < -0.4 is 10.6 Å². The number of carbonyl (C=O) groups excluding carboxylic acids is 1. The lowest BCUT2D eigenvalue weighted by Gasteiger charge is -2.25. The first-order valence-electron chi connectivity index (χ1n) is 19.6. The Balaban J connectivity index is 3.86. The van der Waals surface area contributed by atoms with E-state index in [1.54, 1.807) is 0 Å². The fourth-order valence-electron chi connectivity index (χ4n) is 5.93. The van der Waals surface area contributed by atoms with E-state index in [1.165, 1.54) is 135 Å². The lowest BCUT2D eigenvalue weighted by Crippen LogP contribution is -2.50. The van der Waals surface area contributed by atoms with Crippen molar-refractivity contribution >= 4 is 11.9 Å². The minimum atomic E-state index is -0.926. The second kappa shape index (κ2) is 35.5. The highest BCUT2D eigenvalue weighted by Gasteiger charge is 2.21. The van der Waals surface area contributed by atoms with Gasteiger partial charge in [0.25, 0.3) is 0 Å². The fraction of sp³-hybridized carbons (Fsp3) is 0.897. The molecule has 0 aliphatic rings. The molecule has 2 atom stereocenters. The Labute approximate surface area is 279 Å². The molecule has 0 aliphatic heterocycles. The lowest BCUT2D eigenvalue weighted by atomic mass is 10.0. The van der Waals surface area contributed by atoms with Crippen molar-refractivity contribution in [2.45, 2.75) is 219 Å². The van der Waals surface area contributed by atoms with E-state index in [-0.39, 0.29) is 18.7 Å². The molecule has 0 heterocycles. The number of rotatable bonds is 36. The van der Waals surface area contributed by atoms with Gasteiger partial charge in [0, 0.05) is 12.8 Å². The summed E-state index contributed by atoms with van der Waals surface area (Å²) in [6, 6.07) is -0.580. The Morgan fingerprint density at radius 1 is 0.556 bits per heavy atom. The van der Waals surface area contributed by atoms with Gasteiger partial charge in [0.1, 0.15) is 6.23 Å². The molecule has 45 heavy (non-hydrogen) atoms. The molecule has 0 aromatic heterocycles. The average Bonchev–Trinajstić information content (AvgIpc) is 3.02. The Kier molecular flexibility index (Phi) is 34.4. The zero-order valence-electron chi connectivity index (χ0n) is 29.9. The summed E-state index contributed by atoms with van der Waals surface area (Å²) >= 11 is 0. The van der Waals surface area contributed by atoms with Gasteiger partial charge in [-0.3, -0.25) is 14.9 Å². The van der Waals surface area contributed by atoms with E-state index in [9.17, 15) is 14.7 Å². The lowest BCUT2D eigenvalue weighted by molar-refractivity contribution is -0.137. The summed E-state index contributed by atoms with van der Waals surface area (Å²) in [4.78, 5) is 23.7. The predicted octanol–water partition coefficient (Wildman–Crippen LogP) is 10.8. The summed E-state index contributed by atoms with van der Waals surface area (Å²) < 4.78 is 0. The number of aliphatic hydroxyl groups is 1. The van der Waals surface area contributed by atoms with E-state index in [4.69, 9.17) is 5.11 Å². The molecule has 0 aromatic rings. The van der Waals surface area contributed by atoms with E-state index in [2.05, 4.69) is 36.6 Å². The Morgan fingerprint density at radius 2 is 0.956 bits per heavy atom. The first kappa shape index (κ1) is 43.6. The van der Waals surface area contributed by atoms with E-state index in [0.29, 0.717) is 13.0 Å². The van der Waals surface area contributed by atoms with Gasteiger partial charge in [-0.15, -0.1) is 0 Å². The maximum Gasteiger partial charge on any atom is 0.303 e. The number of amides is 1. The molecule has 1 amide bonds. The highest BCUT2D eigenvalue weighted by atomic mass is 16.4. The molecule has 4 N–H and O–H groups in total. The molecule has 0 aromatic carbocycles. The summed E-state index contributed by atoms with van der Waals surface area (Å²) in [5.74, 6) is -1.01. The highest BCUT2D eigenvalue weighted by Crippen LogP contribution is 2.14. The zero-order valence-corrected chi connectivity index (χ0v) is 29.9. The van der Waals surface area contributed by atoms with E-state index < -0.39 is 18.2 Å². The number of carboxylic acid groups (broad SMARTS) is 1. The van der Waals surface area contributed by atoms with Crippen LogP contribution in [-0.4, -0.2) is 40.9 Å². The summed E-state index contributed by atoms with van der Waals surface area (Å²) in [5, 5.41) is 25.8. The van der Waals surface area contributed by atoms with Gasteiger partial charge in [-0.05, 0) is 51.5 Å². The minimum Gasteiger partial charge on any atom is -0.481 e. The third-order valence-corrected chi connectivity index (χ3v) is 8.95. The number of nitrogens with one attached hydrogen (secondary N) is 2. The van der Waals surface area contributed by atoms with Crippen molar-refractivity contribution in [3.63, 3.8) is 0 Å². The topological polar surface area (TPSA) is 98.7 Å². The van der Waals surface area contributed by atoms with Crippen molar-refractivity contribution in [3.05, 3.63) is 12.2 Å². The first-order valence-corrected chi connectivity index (χ1v) is 19.6. The van der Waals surface area contributed by atoms with Gasteiger partial charge < -0.3 is 15.5 Å². The Bertz CT molecular complexity index is 669. The summed E-state index contributed by atoms with van der Waals surface area (Å²) in [6.45, 7) is 5.20. The second-order valence-electron chi connectivity index (χ2n) is 13.4. The number of unbranched alkanes of at least 4 members (excludes halogenated alkanes) is 24. The second-order valence-corrected chi connectivity index (χ2v) is 13.4. The molecule has 0 fully saturated rings. The SMILES string of the molecule is CCCCCCCCC=CCCCCCCCC(=O)NC(CCC(=O)O)C(O)NCCCCCCCCCCCCCCCC. The molecule has 0 rings (SSSR count). The minimum absolute atomic E-state index is 0.0735. The number of allylic oxidation sites excluding steroid dienone is 2. The maximum absolute atomic E-state index is 12.5. The number of hydrogen-bond donors (Lipinski definition) is 4. The average molecular weight is 637 g/mol. The van der Waals surface area contributed by atoms with Crippen LogP contribution in [0.2, 0.25) is 0 Å². The molecule has 6 nitrogen and oxygen atoms in total. The van der Waals surface area contributed by atoms with Crippen molar-refractivity contribution in [2.24, 2.45) is 0 Å². The van der Waals surface area contributed by atoms with Crippen LogP contribution in [0.5, 0.6) is 0 Å². The van der Waals surface area contributed by atoms with Gasteiger partial charge in [0.05, 0.1) is 6.04 Å². The van der Waals surface area contributed by atoms with Crippen LogP contribution >= 0.6 is 0 Å². The van der Waals surface area contributed by atoms with E-state index in [0.717, 1.165) is 38.5 Å². The van der Waals surface area contributed by atoms with Crippen LogP contribution in [0.1, 0.15) is 206 Å². The number of carboxylic acids is 1. The van der Waals surface area contributed by atoms with Gasteiger partial charge >= 0.3 is 5.97 Å². The first-order chi connectivity index (χ1) is 22.0. The highest BCUT2D eigenvalue weighted by molar-refractivity contribution is 5.76. The zero-order chi connectivity index (χ0) is 33.1. The Morgan fingerprint density at radius 3 is 1.40 bits per heavy atom. The van der Waals surface area contributed by atoms with Crippen molar-refractivity contribution in [1.82, 2.24) is 10.6 Å². The molecule has 0 spiro atoms. The molecular formula is C39H76N2O4. The van der Waals surface area contributed by atoms with Crippen LogP contribution in [0.3, 0.4) is 0 Å². The van der Waals surface area contributed by atoms with Crippen molar-refractivity contribution in [1.29, 1.82) is 0 Å². The number of carbonyl (C=O) groups is 2. The van der Waals surface area contributed by atoms with Crippen LogP contribution in [0.15, 0.2) is 12.2 Å². The van der Waals surface area contributed by atoms with Gasteiger partial charge in [-0.25, -0.2) is 0 Å². The molecule has 0 bridgehead atoms. The van der Waals surface area contributed by atoms with Gasteiger partial charge in [0.15, 0.2) is 0 Å². The summed E-state index contributed by atoms with van der Waals surface area (Å²) in [6.07, 6.45) is 38.4. The molecule has 2 unspecified atom stereocenters. The monoisotopic (exact) mass is 637 g/mol. The quantitative estimate of drug-likeness (QED) is 0.0311. The molecule has 0 aliphatic carbocycles. The third-order valence-electron chi connectivity index (χ3n) is 8.95. The van der Waals surface area contributed by atoms with Crippen LogP contribution in [0, 0.1) is 0 Å². The van der Waals surface area contributed by atoms with Gasteiger partial charge in [-0.2, -0.15) is 0 Å². The number of aliphatic hydroxyl groups excluding tert-OH is 1. The normalized spacial score (nSPS) is 13.0. The molecule has 0 saturated carbocycles.